The lowest BCUT2D eigenvalue weighted by molar-refractivity contribution is 0.756. The average molecular weight is 95.1 g/mol. The Hall–Kier alpha value is -0.790. The first kappa shape index (κ1) is 4.37. The Morgan fingerprint density at radius 2 is 2.71 bits per heavy atom. The third-order valence-electron chi connectivity index (χ3n) is 0.845. The molecule has 1 heterocycles. The molecule has 0 atom stereocenters. The molecule has 0 bridgehead atoms. The van der Waals surface area contributed by atoms with Crippen LogP contribution < -0.4 is 0 Å². The molecule has 1 aromatic rings. The van der Waals surface area contributed by atoms with Crippen molar-refractivity contribution in [1.29, 1.82) is 0 Å². The van der Waals surface area contributed by atoms with Gasteiger partial charge in [0.2, 0.25) is 0 Å². The maximum Gasteiger partial charge on any atom is 0.0951 e. The molecular weight excluding hydrogens is 88.1 g/mol. The summed E-state index contributed by atoms with van der Waals surface area (Å²) in [6.45, 7) is 3.01. The van der Waals surface area contributed by atoms with Gasteiger partial charge in [0.05, 0.1) is 18.7 Å². The summed E-state index contributed by atoms with van der Waals surface area (Å²) in [5.41, 5.74) is 0. The standard InChI is InChI=1S/C5H7N2/c1-2-7-4-3-6-5-7/h3,5H,2H2,1H3. The third-order valence-corrected chi connectivity index (χ3v) is 0.845. The Kier molecular flexibility index (Phi) is 1.11. The molecule has 1 rings (SSSR count). The topological polar surface area (TPSA) is 17.8 Å². The molecule has 1 radical (unpaired) electrons. The molecule has 37 valence electrons. The van der Waals surface area contributed by atoms with Crippen molar-refractivity contribution < 1.29 is 0 Å². The van der Waals surface area contributed by atoms with E-state index >= 15 is 0 Å². The van der Waals surface area contributed by atoms with E-state index in [4.69, 9.17) is 0 Å². The molecule has 0 aliphatic carbocycles. The van der Waals surface area contributed by atoms with Crippen LogP contribution in [-0.4, -0.2) is 9.55 Å². The highest BCUT2D eigenvalue weighted by Crippen LogP contribution is 1.79. The van der Waals surface area contributed by atoms with Crippen LogP contribution in [0.25, 0.3) is 0 Å². The number of hydrogen-bond acceptors (Lipinski definition) is 1. The van der Waals surface area contributed by atoms with Gasteiger partial charge in [-0.15, -0.1) is 0 Å². The van der Waals surface area contributed by atoms with Gasteiger partial charge in [-0.3, -0.25) is 0 Å². The van der Waals surface area contributed by atoms with Gasteiger partial charge >= 0.3 is 0 Å². The SMILES string of the molecule is CCn1[c]cnc1. The molecule has 0 saturated carbocycles. The van der Waals surface area contributed by atoms with Crippen LogP contribution in [0.1, 0.15) is 6.92 Å². The van der Waals surface area contributed by atoms with Crippen molar-refractivity contribution in [2.24, 2.45) is 0 Å². The normalized spacial score (nSPS) is 9.29. The van der Waals surface area contributed by atoms with Crippen molar-refractivity contribution in [3.8, 4) is 0 Å². The lowest BCUT2D eigenvalue weighted by Crippen LogP contribution is -1.86. The van der Waals surface area contributed by atoms with Crippen molar-refractivity contribution in [2.45, 2.75) is 13.5 Å². The van der Waals surface area contributed by atoms with Gasteiger partial charge in [-0.05, 0) is 6.92 Å². The molecule has 1 aromatic heterocycles. The van der Waals surface area contributed by atoms with E-state index in [0.29, 0.717) is 0 Å². The summed E-state index contributed by atoms with van der Waals surface area (Å²) >= 11 is 0. The zero-order chi connectivity index (χ0) is 5.11. The van der Waals surface area contributed by atoms with Crippen molar-refractivity contribution in [1.82, 2.24) is 9.55 Å². The van der Waals surface area contributed by atoms with Gasteiger partial charge in [0, 0.05) is 6.54 Å². The minimum absolute atomic E-state index is 0.958. The highest BCUT2D eigenvalue weighted by Gasteiger charge is 1.78. The summed E-state index contributed by atoms with van der Waals surface area (Å²) in [4.78, 5) is 3.80. The van der Waals surface area contributed by atoms with Crippen LogP contribution in [0.4, 0.5) is 0 Å². The Morgan fingerprint density at radius 3 is 3.00 bits per heavy atom. The van der Waals surface area contributed by atoms with Gasteiger partial charge in [-0.1, -0.05) is 0 Å². The fourth-order valence-corrected chi connectivity index (χ4v) is 0.428. The van der Waals surface area contributed by atoms with Gasteiger partial charge in [0.15, 0.2) is 0 Å². The molecule has 2 heteroatoms. The first-order chi connectivity index (χ1) is 3.43. The van der Waals surface area contributed by atoms with E-state index in [0.717, 1.165) is 6.54 Å². The number of aryl methyl sites for hydroxylation is 1. The van der Waals surface area contributed by atoms with Gasteiger partial charge in [-0.25, -0.2) is 4.98 Å². The number of nitrogens with zero attached hydrogens (tertiary/aromatic N) is 2. The Bertz CT molecular complexity index is 121. The summed E-state index contributed by atoms with van der Waals surface area (Å²) in [5, 5.41) is 0. The zero-order valence-corrected chi connectivity index (χ0v) is 4.26. The van der Waals surface area contributed by atoms with Crippen molar-refractivity contribution >= 4 is 0 Å². The second kappa shape index (κ2) is 1.78. The number of imidazole rings is 1. The van der Waals surface area contributed by atoms with Crippen LogP contribution in [-0.2, 0) is 6.54 Å². The maximum absolute atomic E-state index is 3.80. The van der Waals surface area contributed by atoms with E-state index in [1.807, 2.05) is 4.57 Å². The molecule has 0 amide bonds. The fraction of sp³-hybridized carbons (Fsp3) is 0.400. The van der Waals surface area contributed by atoms with E-state index in [2.05, 4.69) is 18.1 Å². The second-order valence-electron chi connectivity index (χ2n) is 1.31. The summed E-state index contributed by atoms with van der Waals surface area (Å²) in [6.07, 6.45) is 6.30. The Labute approximate surface area is 42.8 Å². The van der Waals surface area contributed by atoms with Crippen LogP contribution in [0.15, 0.2) is 12.5 Å². The predicted molar refractivity (Wildman–Crippen MR) is 26.7 cm³/mol. The molecule has 0 aliphatic heterocycles. The van der Waals surface area contributed by atoms with E-state index in [1.165, 1.54) is 0 Å². The highest BCUT2D eigenvalue weighted by molar-refractivity contribution is 4.69. The predicted octanol–water partition coefficient (Wildman–Crippen LogP) is 0.703. The van der Waals surface area contributed by atoms with Crippen molar-refractivity contribution in [3.63, 3.8) is 0 Å². The van der Waals surface area contributed by atoms with Gasteiger partial charge in [0.1, 0.15) is 0 Å². The number of rotatable bonds is 1. The fourth-order valence-electron chi connectivity index (χ4n) is 0.428. The molecule has 0 aromatic carbocycles. The molecule has 0 aliphatic rings. The van der Waals surface area contributed by atoms with E-state index < -0.39 is 0 Å². The van der Waals surface area contributed by atoms with Crippen LogP contribution in [0.2, 0.25) is 0 Å². The second-order valence-corrected chi connectivity index (χ2v) is 1.31. The van der Waals surface area contributed by atoms with Gasteiger partial charge < -0.3 is 4.57 Å². The van der Waals surface area contributed by atoms with E-state index in [-0.39, 0.29) is 0 Å². The van der Waals surface area contributed by atoms with Crippen LogP contribution in [0.3, 0.4) is 0 Å². The smallest absolute Gasteiger partial charge is 0.0951 e. The summed E-state index contributed by atoms with van der Waals surface area (Å²) in [7, 11) is 0. The molecule has 0 spiro atoms. The third kappa shape index (κ3) is 0.796. The number of aromatic nitrogens is 2. The van der Waals surface area contributed by atoms with E-state index in [1.54, 1.807) is 12.5 Å². The lowest BCUT2D eigenvalue weighted by Gasteiger charge is -1.86. The van der Waals surface area contributed by atoms with E-state index in [9.17, 15) is 0 Å². The molecule has 0 saturated heterocycles. The number of hydrogen-bond donors (Lipinski definition) is 0. The van der Waals surface area contributed by atoms with Crippen molar-refractivity contribution in [3.05, 3.63) is 18.7 Å². The Morgan fingerprint density at radius 1 is 1.86 bits per heavy atom. The Balaban J connectivity index is 2.76. The monoisotopic (exact) mass is 95.1 g/mol. The average Bonchev–Trinajstić information content (AvgIpc) is 2.14. The van der Waals surface area contributed by atoms with Crippen LogP contribution in [0.5, 0.6) is 0 Å². The maximum atomic E-state index is 3.80. The molecule has 0 fully saturated rings. The lowest BCUT2D eigenvalue weighted by atomic mass is 10.7. The zero-order valence-electron chi connectivity index (χ0n) is 4.26. The summed E-state index contributed by atoms with van der Waals surface area (Å²) < 4.78 is 1.89. The first-order valence-electron chi connectivity index (χ1n) is 2.31. The van der Waals surface area contributed by atoms with Crippen LogP contribution >= 0.6 is 0 Å². The molecule has 0 unspecified atom stereocenters. The summed E-state index contributed by atoms with van der Waals surface area (Å²) in [5.74, 6) is 0. The highest BCUT2D eigenvalue weighted by atomic mass is 15.0. The van der Waals surface area contributed by atoms with Gasteiger partial charge in [0.25, 0.3) is 0 Å². The molecular formula is C5H7N2. The summed E-state index contributed by atoms with van der Waals surface area (Å²) in [6, 6.07) is 0. The minimum Gasteiger partial charge on any atom is -0.330 e. The molecule has 0 N–H and O–H groups in total. The first-order valence-corrected chi connectivity index (χ1v) is 2.31. The molecule has 7 heavy (non-hydrogen) atoms. The molecule has 2 nitrogen and oxygen atoms in total. The van der Waals surface area contributed by atoms with Crippen LogP contribution in [0, 0.1) is 6.20 Å². The largest absolute Gasteiger partial charge is 0.330 e. The quantitative estimate of drug-likeness (QED) is 0.502. The van der Waals surface area contributed by atoms with Crippen molar-refractivity contribution in [2.75, 3.05) is 0 Å². The minimum atomic E-state index is 0.958. The van der Waals surface area contributed by atoms with Gasteiger partial charge in [-0.2, -0.15) is 0 Å².